The van der Waals surface area contributed by atoms with Crippen LogP contribution in [0.1, 0.15) is 40.5 Å². The van der Waals surface area contributed by atoms with E-state index in [-0.39, 0.29) is 35.1 Å². The second-order valence-corrected chi connectivity index (χ2v) is 7.91. The van der Waals surface area contributed by atoms with Gasteiger partial charge in [-0.3, -0.25) is 19.2 Å². The smallest absolute Gasteiger partial charge is 0.254 e. The number of para-hydroxylation sites is 1. The molecular formula is C24H24FN5O4. The van der Waals surface area contributed by atoms with E-state index in [4.69, 9.17) is 0 Å². The van der Waals surface area contributed by atoms with E-state index in [0.29, 0.717) is 13.0 Å². The maximum Gasteiger partial charge on any atom is 0.254 e. The molecule has 9 nitrogen and oxygen atoms in total. The first kappa shape index (κ1) is 24.4. The molecule has 1 saturated heterocycles. The molecule has 34 heavy (non-hydrogen) atoms. The van der Waals surface area contributed by atoms with Crippen molar-refractivity contribution in [1.29, 1.82) is 5.26 Å². The van der Waals surface area contributed by atoms with Crippen molar-refractivity contribution in [2.24, 2.45) is 5.92 Å². The van der Waals surface area contributed by atoms with Crippen LogP contribution in [0.25, 0.3) is 0 Å². The van der Waals surface area contributed by atoms with E-state index in [1.54, 1.807) is 12.1 Å². The molecule has 3 rings (SSSR count). The van der Waals surface area contributed by atoms with Gasteiger partial charge in [0, 0.05) is 18.0 Å². The highest BCUT2D eigenvalue weighted by Crippen LogP contribution is 2.19. The second-order valence-electron chi connectivity index (χ2n) is 7.91. The Labute approximate surface area is 195 Å². The molecule has 10 heteroatoms. The number of halogens is 1. The predicted octanol–water partition coefficient (Wildman–Crippen LogP) is 1.73. The van der Waals surface area contributed by atoms with Crippen molar-refractivity contribution in [1.82, 2.24) is 16.0 Å². The number of nitriles is 1. The van der Waals surface area contributed by atoms with E-state index in [0.717, 1.165) is 6.07 Å². The zero-order valence-corrected chi connectivity index (χ0v) is 18.4. The van der Waals surface area contributed by atoms with Crippen LogP contribution in [0.15, 0.2) is 48.5 Å². The van der Waals surface area contributed by atoms with E-state index >= 15 is 0 Å². The molecule has 0 bridgehead atoms. The third kappa shape index (κ3) is 6.16. The number of carbonyl (C=O) groups excluding carboxylic acids is 4. The van der Waals surface area contributed by atoms with Gasteiger partial charge in [-0.05, 0) is 50.1 Å². The normalized spacial score (nSPS) is 16.5. The maximum absolute atomic E-state index is 13.3. The van der Waals surface area contributed by atoms with Gasteiger partial charge in [-0.15, -0.1) is 0 Å². The minimum atomic E-state index is -0.986. The number of nitrogens with zero attached hydrogens (tertiary/aromatic N) is 1. The summed E-state index contributed by atoms with van der Waals surface area (Å²) in [4.78, 5) is 49.5. The van der Waals surface area contributed by atoms with Gasteiger partial charge in [0.1, 0.15) is 17.9 Å². The molecule has 0 radical (unpaired) electrons. The highest BCUT2D eigenvalue weighted by molar-refractivity contribution is 6.06. The summed E-state index contributed by atoms with van der Waals surface area (Å²) in [5.74, 6) is -2.87. The largest absolute Gasteiger partial charge is 0.356 e. The SMILES string of the molecule is C[C@@H](NC(=O)c1cccc(F)c1)C(=O)Nc1ccccc1C(=O)N[C@H](C#N)CC1CCNC1=O. The van der Waals surface area contributed by atoms with Crippen molar-refractivity contribution in [2.45, 2.75) is 31.8 Å². The Balaban J connectivity index is 1.64. The van der Waals surface area contributed by atoms with E-state index < -0.39 is 35.6 Å². The quantitative estimate of drug-likeness (QED) is 0.470. The maximum atomic E-state index is 13.3. The van der Waals surface area contributed by atoms with Gasteiger partial charge in [-0.2, -0.15) is 5.26 Å². The lowest BCUT2D eigenvalue weighted by Gasteiger charge is -2.18. The van der Waals surface area contributed by atoms with Crippen LogP contribution in [0.2, 0.25) is 0 Å². The van der Waals surface area contributed by atoms with Crippen LogP contribution in [0.3, 0.4) is 0 Å². The number of carbonyl (C=O) groups is 4. The Kier molecular flexibility index (Phi) is 7.92. The standard InChI is InChI=1S/C24H24FN5O4/c1-14(28-23(33)15-5-4-6-17(25)11-15)21(31)30-20-8-3-2-7-19(20)24(34)29-18(13-26)12-16-9-10-27-22(16)32/h2-8,11,14,16,18H,9-10,12H2,1H3,(H,27,32)(H,28,33)(H,29,34)(H,30,31)/t14-,16?,18+/m1/s1. The molecule has 0 spiro atoms. The van der Waals surface area contributed by atoms with Crippen LogP contribution < -0.4 is 21.3 Å². The summed E-state index contributed by atoms with van der Waals surface area (Å²) in [6, 6.07) is 11.4. The van der Waals surface area contributed by atoms with E-state index in [1.807, 2.05) is 6.07 Å². The molecule has 3 atom stereocenters. The molecule has 176 valence electrons. The lowest BCUT2D eigenvalue weighted by molar-refractivity contribution is -0.122. The number of amides is 4. The van der Waals surface area contributed by atoms with Crippen LogP contribution in [0, 0.1) is 23.1 Å². The summed E-state index contributed by atoms with van der Waals surface area (Å²) in [5, 5.41) is 19.8. The fourth-order valence-corrected chi connectivity index (χ4v) is 3.54. The summed E-state index contributed by atoms with van der Waals surface area (Å²) in [7, 11) is 0. The van der Waals surface area contributed by atoms with Crippen molar-refractivity contribution >= 4 is 29.3 Å². The molecule has 0 aromatic heterocycles. The van der Waals surface area contributed by atoms with Crippen molar-refractivity contribution in [3.63, 3.8) is 0 Å². The third-order valence-corrected chi connectivity index (χ3v) is 5.40. The molecule has 1 aliphatic rings. The molecule has 1 aliphatic heterocycles. The van der Waals surface area contributed by atoms with E-state index in [1.165, 1.54) is 37.3 Å². The fourth-order valence-electron chi connectivity index (χ4n) is 3.54. The minimum absolute atomic E-state index is 0.0675. The molecule has 4 amide bonds. The Hall–Kier alpha value is -4.26. The first-order valence-corrected chi connectivity index (χ1v) is 10.7. The second kappa shape index (κ2) is 11.0. The molecule has 0 aliphatic carbocycles. The first-order valence-electron chi connectivity index (χ1n) is 10.7. The zero-order valence-electron chi connectivity index (χ0n) is 18.4. The Morgan fingerprint density at radius 2 is 1.91 bits per heavy atom. The number of nitrogens with one attached hydrogen (secondary N) is 4. The summed E-state index contributed by atoms with van der Waals surface area (Å²) >= 11 is 0. The van der Waals surface area contributed by atoms with Crippen molar-refractivity contribution in [2.75, 3.05) is 11.9 Å². The number of benzene rings is 2. The summed E-state index contributed by atoms with van der Waals surface area (Å²) in [6.07, 6.45) is 0.782. The Morgan fingerprint density at radius 1 is 1.15 bits per heavy atom. The summed E-state index contributed by atoms with van der Waals surface area (Å²) in [6.45, 7) is 1.99. The van der Waals surface area contributed by atoms with Gasteiger partial charge in [0.05, 0.1) is 17.3 Å². The lowest BCUT2D eigenvalue weighted by atomic mass is 9.99. The van der Waals surface area contributed by atoms with Gasteiger partial charge in [0.15, 0.2) is 0 Å². The first-order chi connectivity index (χ1) is 16.3. The Bertz CT molecular complexity index is 1150. The molecule has 1 heterocycles. The topological polar surface area (TPSA) is 140 Å². The van der Waals surface area contributed by atoms with Crippen LogP contribution in [0.5, 0.6) is 0 Å². The molecule has 1 unspecified atom stereocenters. The number of hydrogen-bond acceptors (Lipinski definition) is 5. The summed E-state index contributed by atoms with van der Waals surface area (Å²) in [5.41, 5.74) is 0.376. The molecule has 4 N–H and O–H groups in total. The van der Waals surface area contributed by atoms with Gasteiger partial charge in [0.25, 0.3) is 11.8 Å². The highest BCUT2D eigenvalue weighted by Gasteiger charge is 2.28. The van der Waals surface area contributed by atoms with Crippen LogP contribution in [-0.4, -0.2) is 42.3 Å². The van der Waals surface area contributed by atoms with E-state index in [2.05, 4.69) is 21.3 Å². The van der Waals surface area contributed by atoms with Gasteiger partial charge in [-0.1, -0.05) is 18.2 Å². The lowest BCUT2D eigenvalue weighted by Crippen LogP contribution is -2.42. The minimum Gasteiger partial charge on any atom is -0.356 e. The van der Waals surface area contributed by atoms with Crippen LogP contribution in [-0.2, 0) is 9.59 Å². The molecule has 2 aromatic rings. The molecular weight excluding hydrogens is 441 g/mol. The summed E-state index contributed by atoms with van der Waals surface area (Å²) < 4.78 is 13.3. The Morgan fingerprint density at radius 3 is 2.59 bits per heavy atom. The van der Waals surface area contributed by atoms with Crippen molar-refractivity contribution in [3.05, 3.63) is 65.5 Å². The number of hydrogen-bond donors (Lipinski definition) is 4. The van der Waals surface area contributed by atoms with Crippen LogP contribution >= 0.6 is 0 Å². The average Bonchev–Trinajstić information content (AvgIpc) is 3.22. The van der Waals surface area contributed by atoms with Gasteiger partial charge in [0.2, 0.25) is 11.8 Å². The van der Waals surface area contributed by atoms with Gasteiger partial charge >= 0.3 is 0 Å². The average molecular weight is 465 g/mol. The van der Waals surface area contributed by atoms with E-state index in [9.17, 15) is 28.8 Å². The molecule has 0 saturated carbocycles. The van der Waals surface area contributed by atoms with Crippen molar-refractivity contribution in [3.8, 4) is 6.07 Å². The highest BCUT2D eigenvalue weighted by atomic mass is 19.1. The molecule has 1 fully saturated rings. The number of rotatable bonds is 8. The monoisotopic (exact) mass is 465 g/mol. The number of anilines is 1. The van der Waals surface area contributed by atoms with Crippen LogP contribution in [0.4, 0.5) is 10.1 Å². The zero-order chi connectivity index (χ0) is 24.7. The van der Waals surface area contributed by atoms with Crippen molar-refractivity contribution < 1.29 is 23.6 Å². The predicted molar refractivity (Wildman–Crippen MR) is 121 cm³/mol. The van der Waals surface area contributed by atoms with Gasteiger partial charge < -0.3 is 21.3 Å². The fraction of sp³-hybridized carbons (Fsp3) is 0.292. The molecule has 2 aromatic carbocycles. The van der Waals surface area contributed by atoms with Gasteiger partial charge in [-0.25, -0.2) is 4.39 Å². The third-order valence-electron chi connectivity index (χ3n) is 5.40.